The van der Waals surface area contributed by atoms with Crippen LogP contribution in [0.2, 0.25) is 0 Å². The molecule has 0 saturated heterocycles. The Kier molecular flexibility index (Phi) is 1.85. The van der Waals surface area contributed by atoms with Crippen molar-refractivity contribution in [2.24, 2.45) is 5.73 Å². The highest BCUT2D eigenvalue weighted by Crippen LogP contribution is 2.41. The van der Waals surface area contributed by atoms with Crippen molar-refractivity contribution < 1.29 is 5.11 Å². The van der Waals surface area contributed by atoms with E-state index in [2.05, 4.69) is 15.9 Å². The quantitative estimate of drug-likeness (QED) is 0.771. The maximum Gasteiger partial charge on any atom is 0.130 e. The van der Waals surface area contributed by atoms with Crippen molar-refractivity contribution in [3.63, 3.8) is 0 Å². The first-order valence-corrected chi connectivity index (χ1v) is 4.72. The predicted molar refractivity (Wildman–Crippen MR) is 51.1 cm³/mol. The van der Waals surface area contributed by atoms with Gasteiger partial charge in [0, 0.05) is 12.0 Å². The van der Waals surface area contributed by atoms with Gasteiger partial charge in [-0.15, -0.1) is 0 Å². The number of nitrogens with two attached hydrogens (primary N) is 1. The van der Waals surface area contributed by atoms with Crippen LogP contribution in [0.5, 0.6) is 5.75 Å². The van der Waals surface area contributed by atoms with Crippen molar-refractivity contribution in [3.05, 3.63) is 28.2 Å². The third kappa shape index (κ3) is 1.34. The Labute approximate surface area is 79.5 Å². The molecule has 3 N–H and O–H groups in total. The summed E-state index contributed by atoms with van der Waals surface area (Å²) in [5, 5.41) is 9.38. The van der Waals surface area contributed by atoms with E-state index in [4.69, 9.17) is 5.73 Å². The fourth-order valence-electron chi connectivity index (χ4n) is 1.36. The molecule has 1 fully saturated rings. The average Bonchev–Trinajstić information content (AvgIpc) is 2.73. The Hall–Kier alpha value is -0.540. The monoisotopic (exact) mass is 227 g/mol. The minimum Gasteiger partial charge on any atom is -0.507 e. The van der Waals surface area contributed by atoms with Crippen molar-refractivity contribution in [2.75, 3.05) is 0 Å². The highest BCUT2D eigenvalue weighted by molar-refractivity contribution is 9.10. The van der Waals surface area contributed by atoms with Crippen molar-refractivity contribution in [3.8, 4) is 5.75 Å². The summed E-state index contributed by atoms with van der Waals surface area (Å²) in [6, 6.07) is 5.93. The Balaban J connectivity index is 2.29. The van der Waals surface area contributed by atoms with E-state index in [0.717, 1.165) is 16.5 Å². The second-order valence-electron chi connectivity index (χ2n) is 3.22. The van der Waals surface area contributed by atoms with E-state index in [1.165, 1.54) is 0 Å². The highest BCUT2D eigenvalue weighted by Gasteiger charge is 2.34. The predicted octanol–water partition coefficient (Wildman–Crippen LogP) is 1.97. The van der Waals surface area contributed by atoms with Crippen LogP contribution in [0, 0.1) is 0 Å². The summed E-state index contributed by atoms with van der Waals surface area (Å²) in [7, 11) is 0. The van der Waals surface area contributed by atoms with Gasteiger partial charge in [0.05, 0.1) is 4.47 Å². The number of aromatic hydroxyl groups is 1. The standard InChI is InChI=1S/C9H10BrNO/c10-7-2-1-5(3-9(7)12)6-4-8(6)11/h1-3,6,8,12H,4,11H2/t6-,8-/m1/s1. The largest absolute Gasteiger partial charge is 0.507 e. The fourth-order valence-corrected chi connectivity index (χ4v) is 1.60. The van der Waals surface area contributed by atoms with Crippen LogP contribution < -0.4 is 5.73 Å². The first-order valence-electron chi connectivity index (χ1n) is 3.92. The van der Waals surface area contributed by atoms with E-state index in [-0.39, 0.29) is 0 Å². The molecule has 0 spiro atoms. The van der Waals surface area contributed by atoms with Crippen LogP contribution in [0.4, 0.5) is 0 Å². The molecule has 0 heterocycles. The van der Waals surface area contributed by atoms with E-state index >= 15 is 0 Å². The SMILES string of the molecule is N[C@@H]1C[C@@H]1c1ccc(Br)c(O)c1. The third-order valence-corrected chi connectivity index (χ3v) is 2.91. The number of rotatable bonds is 1. The van der Waals surface area contributed by atoms with Gasteiger partial charge in [-0.05, 0) is 40.0 Å². The van der Waals surface area contributed by atoms with E-state index in [1.54, 1.807) is 6.07 Å². The lowest BCUT2D eigenvalue weighted by molar-refractivity contribution is 0.471. The zero-order valence-corrected chi connectivity index (χ0v) is 8.08. The molecule has 3 heteroatoms. The van der Waals surface area contributed by atoms with Gasteiger partial charge in [-0.3, -0.25) is 0 Å². The normalized spacial score (nSPS) is 27.2. The summed E-state index contributed by atoms with van der Waals surface area (Å²) in [5.41, 5.74) is 6.84. The van der Waals surface area contributed by atoms with Gasteiger partial charge < -0.3 is 10.8 Å². The van der Waals surface area contributed by atoms with Gasteiger partial charge in [-0.1, -0.05) is 6.07 Å². The van der Waals surface area contributed by atoms with Crippen LogP contribution in [-0.4, -0.2) is 11.1 Å². The molecule has 0 unspecified atom stereocenters. The number of phenolic OH excluding ortho intramolecular Hbond substituents is 1. The molecule has 12 heavy (non-hydrogen) atoms. The van der Waals surface area contributed by atoms with E-state index < -0.39 is 0 Å². The molecule has 1 aromatic rings. The van der Waals surface area contributed by atoms with Crippen LogP contribution in [0.1, 0.15) is 17.9 Å². The van der Waals surface area contributed by atoms with Crippen molar-refractivity contribution >= 4 is 15.9 Å². The highest BCUT2D eigenvalue weighted by atomic mass is 79.9. The molecule has 0 amide bonds. The van der Waals surface area contributed by atoms with E-state index in [0.29, 0.717) is 17.7 Å². The molecule has 1 aliphatic carbocycles. The average molecular weight is 228 g/mol. The second kappa shape index (κ2) is 2.75. The maximum atomic E-state index is 9.38. The van der Waals surface area contributed by atoms with E-state index in [1.807, 2.05) is 12.1 Å². The summed E-state index contributed by atoms with van der Waals surface area (Å²) in [5.74, 6) is 0.760. The summed E-state index contributed by atoms with van der Waals surface area (Å²) < 4.78 is 0.737. The number of hydrogen-bond acceptors (Lipinski definition) is 2. The topological polar surface area (TPSA) is 46.2 Å². The van der Waals surface area contributed by atoms with Gasteiger partial charge in [0.15, 0.2) is 0 Å². The van der Waals surface area contributed by atoms with Gasteiger partial charge in [-0.2, -0.15) is 0 Å². The van der Waals surface area contributed by atoms with Gasteiger partial charge in [0.2, 0.25) is 0 Å². The molecule has 0 radical (unpaired) electrons. The summed E-state index contributed by atoms with van der Waals surface area (Å²) in [6.07, 6.45) is 1.04. The fraction of sp³-hybridized carbons (Fsp3) is 0.333. The minimum absolute atomic E-state index is 0.297. The Morgan fingerprint density at radius 3 is 2.67 bits per heavy atom. The summed E-state index contributed by atoms with van der Waals surface area (Å²) >= 11 is 3.23. The smallest absolute Gasteiger partial charge is 0.130 e. The number of phenols is 1. The second-order valence-corrected chi connectivity index (χ2v) is 4.07. The van der Waals surface area contributed by atoms with Crippen molar-refractivity contribution in [1.29, 1.82) is 0 Å². The number of benzene rings is 1. The Morgan fingerprint density at radius 2 is 2.17 bits per heavy atom. The first-order chi connectivity index (χ1) is 5.68. The molecule has 1 aromatic carbocycles. The lowest BCUT2D eigenvalue weighted by Crippen LogP contribution is -2.00. The van der Waals surface area contributed by atoms with Crippen LogP contribution >= 0.6 is 15.9 Å². The lowest BCUT2D eigenvalue weighted by Gasteiger charge is -2.00. The molecule has 0 bridgehead atoms. The Bertz CT molecular complexity index is 313. The zero-order chi connectivity index (χ0) is 8.72. The molecular weight excluding hydrogens is 218 g/mol. The van der Waals surface area contributed by atoms with Gasteiger partial charge in [0.25, 0.3) is 0 Å². The maximum absolute atomic E-state index is 9.38. The van der Waals surface area contributed by atoms with Crippen LogP contribution in [-0.2, 0) is 0 Å². The molecule has 2 atom stereocenters. The van der Waals surface area contributed by atoms with Gasteiger partial charge in [-0.25, -0.2) is 0 Å². The molecule has 1 saturated carbocycles. The van der Waals surface area contributed by atoms with Crippen molar-refractivity contribution in [2.45, 2.75) is 18.4 Å². The molecule has 0 aliphatic heterocycles. The Morgan fingerprint density at radius 1 is 1.50 bits per heavy atom. The van der Waals surface area contributed by atoms with Gasteiger partial charge in [0.1, 0.15) is 5.75 Å². The number of halogens is 1. The molecule has 1 aliphatic rings. The zero-order valence-electron chi connectivity index (χ0n) is 6.50. The van der Waals surface area contributed by atoms with Crippen LogP contribution in [0.3, 0.4) is 0 Å². The van der Waals surface area contributed by atoms with E-state index in [9.17, 15) is 5.11 Å². The first kappa shape index (κ1) is 8.08. The minimum atomic E-state index is 0.297. The molecule has 2 rings (SSSR count). The summed E-state index contributed by atoms with van der Waals surface area (Å²) in [6.45, 7) is 0. The molecule has 64 valence electrons. The summed E-state index contributed by atoms with van der Waals surface area (Å²) in [4.78, 5) is 0. The lowest BCUT2D eigenvalue weighted by atomic mass is 10.1. The number of hydrogen-bond donors (Lipinski definition) is 2. The van der Waals surface area contributed by atoms with Gasteiger partial charge >= 0.3 is 0 Å². The van der Waals surface area contributed by atoms with Crippen LogP contribution in [0.15, 0.2) is 22.7 Å². The van der Waals surface area contributed by atoms with Crippen molar-refractivity contribution in [1.82, 2.24) is 0 Å². The molecule has 2 nitrogen and oxygen atoms in total. The third-order valence-electron chi connectivity index (χ3n) is 2.24. The molecule has 0 aromatic heterocycles. The molecular formula is C9H10BrNO. The van der Waals surface area contributed by atoms with Crippen LogP contribution in [0.25, 0.3) is 0 Å².